The van der Waals surface area contributed by atoms with E-state index in [1.807, 2.05) is 0 Å². The van der Waals surface area contributed by atoms with Crippen LogP contribution < -0.4 is 5.32 Å². The van der Waals surface area contributed by atoms with Gasteiger partial charge in [-0.05, 0) is 50.0 Å². The predicted molar refractivity (Wildman–Crippen MR) is 65.3 cm³/mol. The molecule has 1 aliphatic heterocycles. The molecule has 7 heteroatoms. The second-order valence-corrected chi connectivity index (χ2v) is 7.28. The zero-order valence-electron chi connectivity index (χ0n) is 10.2. The molecule has 0 spiro atoms. The quantitative estimate of drug-likeness (QED) is 0.564. The highest BCUT2D eigenvalue weighted by Gasteiger charge is 2.38. The molecule has 1 heterocycles. The summed E-state index contributed by atoms with van der Waals surface area (Å²) in [6, 6.07) is -0.500. The van der Waals surface area contributed by atoms with Crippen molar-refractivity contribution in [3.05, 3.63) is 0 Å². The van der Waals surface area contributed by atoms with Gasteiger partial charge < -0.3 is 20.2 Å². The molecule has 1 saturated carbocycles. The minimum Gasteiger partial charge on any atom is -0.480 e. The van der Waals surface area contributed by atoms with Gasteiger partial charge in [0.15, 0.2) is 0 Å². The van der Waals surface area contributed by atoms with Gasteiger partial charge in [0.1, 0.15) is 6.04 Å². The Hall–Kier alpha value is -0.420. The molecule has 2 fully saturated rings. The summed E-state index contributed by atoms with van der Waals surface area (Å²) in [6.07, 6.45) is 3.06. The lowest BCUT2D eigenvalue weighted by Crippen LogP contribution is -2.49. The minimum atomic E-state index is -3.95. The SMILES string of the molecule is O=C(O)C1CC2CC(CP(=O)(O)O)CC[C@H]2CN1. The van der Waals surface area contributed by atoms with Crippen LogP contribution in [0.15, 0.2) is 0 Å². The summed E-state index contributed by atoms with van der Waals surface area (Å²) in [5, 5.41) is 12.0. The molecule has 0 aromatic heterocycles. The van der Waals surface area contributed by atoms with Crippen molar-refractivity contribution in [3.8, 4) is 0 Å². The number of rotatable bonds is 3. The van der Waals surface area contributed by atoms with E-state index in [-0.39, 0.29) is 18.0 Å². The second kappa shape index (κ2) is 5.29. The van der Waals surface area contributed by atoms with Gasteiger partial charge in [0.2, 0.25) is 0 Å². The average molecular weight is 277 g/mol. The van der Waals surface area contributed by atoms with Gasteiger partial charge in [-0.3, -0.25) is 9.36 Å². The van der Waals surface area contributed by atoms with Crippen molar-refractivity contribution in [2.24, 2.45) is 17.8 Å². The standard InChI is InChI=1S/C11H20NO5P/c13-11(14)10-4-9-3-7(6-18(15,16)17)1-2-8(9)5-12-10/h7-10,12H,1-6H2,(H,13,14)(H2,15,16,17)/t7?,8-,9?,10?/m0/s1. The van der Waals surface area contributed by atoms with Crippen LogP contribution in [0.3, 0.4) is 0 Å². The Kier molecular flexibility index (Phi) is 4.11. The highest BCUT2D eigenvalue weighted by atomic mass is 31.2. The summed E-state index contributed by atoms with van der Waals surface area (Å²) in [6.45, 7) is 0.713. The average Bonchev–Trinajstić information content (AvgIpc) is 2.25. The van der Waals surface area contributed by atoms with Crippen LogP contribution in [0.25, 0.3) is 0 Å². The van der Waals surface area contributed by atoms with Gasteiger partial charge in [0.05, 0.1) is 6.16 Å². The molecule has 1 aliphatic carbocycles. The van der Waals surface area contributed by atoms with Gasteiger partial charge in [-0.1, -0.05) is 0 Å². The third-order valence-electron chi connectivity index (χ3n) is 4.21. The molecule has 1 saturated heterocycles. The number of carbonyl (C=O) groups is 1. The van der Waals surface area contributed by atoms with Crippen molar-refractivity contribution < 1.29 is 24.3 Å². The van der Waals surface area contributed by atoms with E-state index in [1.165, 1.54) is 0 Å². The largest absolute Gasteiger partial charge is 0.480 e. The van der Waals surface area contributed by atoms with E-state index in [0.717, 1.165) is 19.3 Å². The summed E-state index contributed by atoms with van der Waals surface area (Å²) >= 11 is 0. The van der Waals surface area contributed by atoms with Gasteiger partial charge >= 0.3 is 13.6 Å². The van der Waals surface area contributed by atoms with Crippen LogP contribution in [0, 0.1) is 17.8 Å². The lowest BCUT2D eigenvalue weighted by atomic mass is 9.70. The lowest BCUT2D eigenvalue weighted by molar-refractivity contribution is -0.141. The fourth-order valence-electron chi connectivity index (χ4n) is 3.35. The van der Waals surface area contributed by atoms with E-state index in [2.05, 4.69) is 5.32 Å². The molecule has 0 aromatic rings. The third-order valence-corrected chi connectivity index (χ3v) is 5.20. The van der Waals surface area contributed by atoms with Crippen molar-refractivity contribution in [2.75, 3.05) is 12.7 Å². The van der Waals surface area contributed by atoms with Crippen molar-refractivity contribution >= 4 is 13.6 Å². The summed E-state index contributed by atoms with van der Waals surface area (Å²) in [5.74, 6) is -0.0311. The maximum atomic E-state index is 11.0. The third kappa shape index (κ3) is 3.54. The summed E-state index contributed by atoms with van der Waals surface area (Å²) in [5.41, 5.74) is 0. The van der Waals surface area contributed by atoms with E-state index in [4.69, 9.17) is 14.9 Å². The molecule has 18 heavy (non-hydrogen) atoms. The number of carboxylic acid groups (broad SMARTS) is 1. The topological polar surface area (TPSA) is 107 Å². The highest BCUT2D eigenvalue weighted by molar-refractivity contribution is 7.51. The second-order valence-electron chi connectivity index (χ2n) is 5.58. The molecule has 3 unspecified atom stereocenters. The smallest absolute Gasteiger partial charge is 0.325 e. The van der Waals surface area contributed by atoms with Crippen LogP contribution in [0.2, 0.25) is 0 Å². The molecule has 0 aromatic carbocycles. The van der Waals surface area contributed by atoms with Gasteiger partial charge in [0.25, 0.3) is 0 Å². The Balaban J connectivity index is 1.93. The fraction of sp³-hybridized carbons (Fsp3) is 0.909. The Labute approximate surface area is 106 Å². The van der Waals surface area contributed by atoms with Crippen molar-refractivity contribution in [2.45, 2.75) is 31.7 Å². The van der Waals surface area contributed by atoms with Crippen LogP contribution in [0.5, 0.6) is 0 Å². The van der Waals surface area contributed by atoms with Gasteiger partial charge in [0, 0.05) is 0 Å². The molecule has 2 aliphatic rings. The van der Waals surface area contributed by atoms with Crippen LogP contribution >= 0.6 is 7.60 Å². The molecular formula is C11H20NO5P. The van der Waals surface area contributed by atoms with Gasteiger partial charge in [-0.2, -0.15) is 0 Å². The molecule has 0 amide bonds. The Morgan fingerprint density at radius 3 is 2.56 bits per heavy atom. The minimum absolute atomic E-state index is 0.0413. The maximum absolute atomic E-state index is 11.0. The van der Waals surface area contributed by atoms with Crippen molar-refractivity contribution in [3.63, 3.8) is 0 Å². The molecule has 6 nitrogen and oxygen atoms in total. The maximum Gasteiger partial charge on any atom is 0.325 e. The molecular weight excluding hydrogens is 257 g/mol. The molecule has 104 valence electrons. The fourth-order valence-corrected chi connectivity index (χ4v) is 4.36. The van der Waals surface area contributed by atoms with Crippen LogP contribution in [0.4, 0.5) is 0 Å². The van der Waals surface area contributed by atoms with E-state index in [0.29, 0.717) is 18.9 Å². The van der Waals surface area contributed by atoms with E-state index in [9.17, 15) is 9.36 Å². The number of piperidine rings is 1. The first kappa shape index (κ1) is 14.0. The van der Waals surface area contributed by atoms with Crippen LogP contribution in [0.1, 0.15) is 25.7 Å². The van der Waals surface area contributed by atoms with E-state index in [1.54, 1.807) is 0 Å². The number of carboxylic acids is 1. The summed E-state index contributed by atoms with van der Waals surface area (Å²) < 4.78 is 11.0. The molecule has 0 radical (unpaired) electrons. The van der Waals surface area contributed by atoms with Crippen LogP contribution in [-0.4, -0.2) is 39.6 Å². The molecule has 4 N–H and O–H groups in total. The number of hydrogen-bond acceptors (Lipinski definition) is 3. The Bertz CT molecular complexity index is 368. The van der Waals surface area contributed by atoms with Crippen molar-refractivity contribution in [1.82, 2.24) is 5.32 Å². The zero-order chi connectivity index (χ0) is 13.3. The number of aliphatic carboxylic acids is 1. The van der Waals surface area contributed by atoms with E-state index < -0.39 is 19.6 Å². The van der Waals surface area contributed by atoms with Crippen LogP contribution in [-0.2, 0) is 9.36 Å². The molecule has 2 rings (SSSR count). The number of nitrogens with one attached hydrogen (secondary N) is 1. The van der Waals surface area contributed by atoms with Gasteiger partial charge in [-0.15, -0.1) is 0 Å². The first-order valence-electron chi connectivity index (χ1n) is 6.36. The molecule has 0 bridgehead atoms. The Morgan fingerprint density at radius 2 is 1.94 bits per heavy atom. The Morgan fingerprint density at radius 1 is 1.22 bits per heavy atom. The highest BCUT2D eigenvalue weighted by Crippen LogP contribution is 2.45. The first-order chi connectivity index (χ1) is 8.35. The first-order valence-corrected chi connectivity index (χ1v) is 8.15. The normalized spacial score (nSPS) is 37.0. The summed E-state index contributed by atoms with van der Waals surface area (Å²) in [4.78, 5) is 29.0. The zero-order valence-corrected chi connectivity index (χ0v) is 11.1. The van der Waals surface area contributed by atoms with E-state index >= 15 is 0 Å². The monoisotopic (exact) mass is 277 g/mol. The van der Waals surface area contributed by atoms with Crippen molar-refractivity contribution in [1.29, 1.82) is 0 Å². The summed E-state index contributed by atoms with van der Waals surface area (Å²) in [7, 11) is -3.95. The number of hydrogen-bond donors (Lipinski definition) is 4. The van der Waals surface area contributed by atoms with Gasteiger partial charge in [-0.25, -0.2) is 0 Å². The predicted octanol–water partition coefficient (Wildman–Crippen LogP) is 0.643. The number of fused-ring (bicyclic) bond motifs is 1. The lowest BCUT2D eigenvalue weighted by Gasteiger charge is -2.41. The molecule has 4 atom stereocenters.